The van der Waals surface area contributed by atoms with E-state index in [4.69, 9.17) is 15.6 Å². The molecule has 0 bridgehead atoms. The standard InChI is InChI=1S/C18H13IN2O4S/c19-13-7-11(8-15-16(22)21-18(20)26-15)3-6-14(13)25-9-10-1-4-12(5-2-10)17(23)24/h1-8H,9H2,(H,23,24)(H2,20,21,22). The Morgan fingerprint density at radius 1 is 1.27 bits per heavy atom. The van der Waals surface area contributed by atoms with E-state index in [1.54, 1.807) is 30.3 Å². The number of thioether (sulfide) groups is 1. The lowest BCUT2D eigenvalue weighted by molar-refractivity contribution is -0.113. The van der Waals surface area contributed by atoms with Gasteiger partial charge in [-0.2, -0.15) is 4.99 Å². The molecule has 0 aromatic heterocycles. The van der Waals surface area contributed by atoms with Crippen LogP contribution in [0.1, 0.15) is 21.5 Å². The topological polar surface area (TPSA) is 102 Å². The number of aliphatic imine (C=N–C) groups is 1. The Labute approximate surface area is 167 Å². The predicted molar refractivity (Wildman–Crippen MR) is 109 cm³/mol. The van der Waals surface area contributed by atoms with Crippen LogP contribution in [-0.2, 0) is 11.4 Å². The highest BCUT2D eigenvalue weighted by molar-refractivity contribution is 14.1. The van der Waals surface area contributed by atoms with Crippen molar-refractivity contribution in [2.75, 3.05) is 0 Å². The maximum atomic E-state index is 11.6. The van der Waals surface area contributed by atoms with E-state index in [1.807, 2.05) is 18.2 Å². The number of nitrogens with zero attached hydrogens (tertiary/aromatic N) is 1. The van der Waals surface area contributed by atoms with Gasteiger partial charge in [0.25, 0.3) is 5.91 Å². The van der Waals surface area contributed by atoms with Crippen molar-refractivity contribution in [3.05, 3.63) is 67.6 Å². The fraction of sp³-hybridized carbons (Fsp3) is 0.0556. The first-order valence-corrected chi connectivity index (χ1v) is 9.34. The van der Waals surface area contributed by atoms with Gasteiger partial charge in [-0.25, -0.2) is 4.79 Å². The summed E-state index contributed by atoms with van der Waals surface area (Å²) in [5.41, 5.74) is 7.51. The van der Waals surface area contributed by atoms with Crippen LogP contribution in [0.3, 0.4) is 0 Å². The molecule has 26 heavy (non-hydrogen) atoms. The minimum atomic E-state index is -0.956. The molecular formula is C18H13IN2O4S. The summed E-state index contributed by atoms with van der Waals surface area (Å²) in [4.78, 5) is 26.7. The van der Waals surface area contributed by atoms with E-state index >= 15 is 0 Å². The van der Waals surface area contributed by atoms with E-state index in [1.165, 1.54) is 0 Å². The van der Waals surface area contributed by atoms with E-state index < -0.39 is 5.97 Å². The Morgan fingerprint density at radius 3 is 2.58 bits per heavy atom. The molecule has 1 aliphatic rings. The fourth-order valence-corrected chi connectivity index (χ4v) is 3.58. The van der Waals surface area contributed by atoms with Crippen molar-refractivity contribution < 1.29 is 19.4 Å². The number of benzene rings is 2. The van der Waals surface area contributed by atoms with Gasteiger partial charge in [-0.3, -0.25) is 4.79 Å². The maximum absolute atomic E-state index is 11.6. The number of ether oxygens (including phenoxy) is 1. The first kappa shape index (κ1) is 18.5. The molecule has 6 nitrogen and oxygen atoms in total. The second-order valence-electron chi connectivity index (χ2n) is 5.35. The number of hydrogen-bond donors (Lipinski definition) is 2. The second kappa shape index (κ2) is 7.92. The molecule has 1 amide bonds. The van der Waals surface area contributed by atoms with E-state index in [0.717, 1.165) is 26.5 Å². The van der Waals surface area contributed by atoms with Gasteiger partial charge in [0.2, 0.25) is 0 Å². The largest absolute Gasteiger partial charge is 0.488 e. The van der Waals surface area contributed by atoms with Gasteiger partial charge >= 0.3 is 5.97 Å². The number of amides is 1. The third kappa shape index (κ3) is 4.44. The van der Waals surface area contributed by atoms with Gasteiger partial charge in [0, 0.05) is 0 Å². The van der Waals surface area contributed by atoms with Crippen molar-refractivity contribution in [1.29, 1.82) is 0 Å². The lowest BCUT2D eigenvalue weighted by atomic mass is 10.1. The number of halogens is 1. The molecular weight excluding hydrogens is 467 g/mol. The molecule has 0 unspecified atom stereocenters. The van der Waals surface area contributed by atoms with Gasteiger partial charge in [-0.15, -0.1) is 0 Å². The lowest BCUT2D eigenvalue weighted by Crippen LogP contribution is -2.01. The highest BCUT2D eigenvalue weighted by Crippen LogP contribution is 2.29. The predicted octanol–water partition coefficient (Wildman–Crippen LogP) is 3.50. The second-order valence-corrected chi connectivity index (χ2v) is 7.57. The molecule has 8 heteroatoms. The molecule has 1 heterocycles. The van der Waals surface area contributed by atoms with Gasteiger partial charge in [0.15, 0.2) is 5.17 Å². The number of amidine groups is 1. The first-order chi connectivity index (χ1) is 12.4. The van der Waals surface area contributed by atoms with Gasteiger partial charge < -0.3 is 15.6 Å². The average molecular weight is 480 g/mol. The van der Waals surface area contributed by atoms with Crippen LogP contribution in [0, 0.1) is 3.57 Å². The molecule has 0 saturated heterocycles. The summed E-state index contributed by atoms with van der Waals surface area (Å²) in [7, 11) is 0. The summed E-state index contributed by atoms with van der Waals surface area (Å²) < 4.78 is 6.69. The summed E-state index contributed by atoms with van der Waals surface area (Å²) in [6.07, 6.45) is 1.74. The Balaban J connectivity index is 1.67. The van der Waals surface area contributed by atoms with Crippen LogP contribution in [0.25, 0.3) is 6.08 Å². The number of carboxylic acids is 1. The highest BCUT2D eigenvalue weighted by Gasteiger charge is 2.19. The molecule has 2 aromatic carbocycles. The number of carbonyl (C=O) groups is 2. The van der Waals surface area contributed by atoms with Gasteiger partial charge in [0.1, 0.15) is 12.4 Å². The fourth-order valence-electron chi connectivity index (χ4n) is 2.21. The van der Waals surface area contributed by atoms with Crippen LogP contribution in [0.5, 0.6) is 5.75 Å². The van der Waals surface area contributed by atoms with Gasteiger partial charge in [0.05, 0.1) is 14.0 Å². The molecule has 3 N–H and O–H groups in total. The lowest BCUT2D eigenvalue weighted by Gasteiger charge is -2.09. The monoisotopic (exact) mass is 480 g/mol. The molecule has 0 radical (unpaired) electrons. The number of nitrogens with two attached hydrogens (primary N) is 1. The maximum Gasteiger partial charge on any atom is 0.335 e. The van der Waals surface area contributed by atoms with Crippen LogP contribution < -0.4 is 10.5 Å². The number of aromatic carboxylic acids is 1. The highest BCUT2D eigenvalue weighted by atomic mass is 127. The zero-order valence-electron chi connectivity index (χ0n) is 13.3. The van der Waals surface area contributed by atoms with Crippen LogP contribution in [0.4, 0.5) is 0 Å². The van der Waals surface area contributed by atoms with Crippen molar-refractivity contribution in [1.82, 2.24) is 0 Å². The molecule has 3 rings (SSSR count). The minimum Gasteiger partial charge on any atom is -0.488 e. The molecule has 0 spiro atoms. The Kier molecular flexibility index (Phi) is 5.62. The molecule has 2 aromatic rings. The molecule has 0 fully saturated rings. The third-order valence-corrected chi connectivity index (χ3v) is 5.14. The van der Waals surface area contributed by atoms with E-state index in [0.29, 0.717) is 17.3 Å². The Hall–Kier alpha value is -2.33. The van der Waals surface area contributed by atoms with Gasteiger partial charge in [-0.1, -0.05) is 18.2 Å². The Bertz CT molecular complexity index is 939. The van der Waals surface area contributed by atoms with E-state index in [2.05, 4.69) is 27.6 Å². The zero-order chi connectivity index (χ0) is 18.7. The quantitative estimate of drug-likeness (QED) is 0.502. The zero-order valence-corrected chi connectivity index (χ0v) is 16.3. The summed E-state index contributed by atoms with van der Waals surface area (Å²) in [6, 6.07) is 12.1. The van der Waals surface area contributed by atoms with Crippen molar-refractivity contribution in [2.45, 2.75) is 6.61 Å². The van der Waals surface area contributed by atoms with Crippen LogP contribution in [-0.4, -0.2) is 22.2 Å². The summed E-state index contributed by atoms with van der Waals surface area (Å²) in [5.74, 6) is -0.577. The first-order valence-electron chi connectivity index (χ1n) is 7.45. The van der Waals surface area contributed by atoms with Gasteiger partial charge in [-0.05, 0) is 75.8 Å². The number of rotatable bonds is 5. The molecule has 0 atom stereocenters. The van der Waals surface area contributed by atoms with Crippen molar-refractivity contribution >= 4 is 57.5 Å². The van der Waals surface area contributed by atoms with Crippen LogP contribution in [0.15, 0.2) is 52.4 Å². The summed E-state index contributed by atoms with van der Waals surface area (Å²) in [6.45, 7) is 0.328. The summed E-state index contributed by atoms with van der Waals surface area (Å²) in [5, 5.41) is 9.16. The van der Waals surface area contributed by atoms with Crippen LogP contribution >= 0.6 is 34.4 Å². The SMILES string of the molecule is NC1=NC(=O)C(=Cc2ccc(OCc3ccc(C(=O)O)cc3)c(I)c2)S1. The van der Waals surface area contributed by atoms with E-state index in [9.17, 15) is 9.59 Å². The molecule has 1 aliphatic heterocycles. The number of carboxylic acid groups (broad SMARTS) is 1. The normalized spacial score (nSPS) is 15.2. The van der Waals surface area contributed by atoms with Crippen molar-refractivity contribution in [3.63, 3.8) is 0 Å². The van der Waals surface area contributed by atoms with E-state index in [-0.39, 0.29) is 16.6 Å². The molecule has 132 valence electrons. The van der Waals surface area contributed by atoms with Crippen molar-refractivity contribution in [3.8, 4) is 5.75 Å². The van der Waals surface area contributed by atoms with Crippen LogP contribution in [0.2, 0.25) is 0 Å². The third-order valence-electron chi connectivity index (χ3n) is 3.49. The number of carbonyl (C=O) groups excluding carboxylic acids is 1. The summed E-state index contributed by atoms with van der Waals surface area (Å²) >= 11 is 3.31. The molecule has 0 saturated carbocycles. The number of hydrogen-bond acceptors (Lipinski definition) is 5. The minimum absolute atomic E-state index is 0.240. The Morgan fingerprint density at radius 2 is 2.00 bits per heavy atom. The smallest absolute Gasteiger partial charge is 0.335 e. The average Bonchev–Trinajstić information content (AvgIpc) is 2.91. The van der Waals surface area contributed by atoms with Crippen molar-refractivity contribution in [2.24, 2.45) is 10.7 Å². The molecule has 0 aliphatic carbocycles.